The lowest BCUT2D eigenvalue weighted by molar-refractivity contribution is -0.118. The minimum Gasteiger partial charge on any atom is -0.493 e. The van der Waals surface area contributed by atoms with Crippen molar-refractivity contribution < 1.29 is 14.3 Å². The third-order valence-corrected chi connectivity index (χ3v) is 5.07. The van der Waals surface area contributed by atoms with Crippen LogP contribution in [0.1, 0.15) is 18.9 Å². The number of aromatic nitrogens is 1. The first-order chi connectivity index (χ1) is 14.7. The predicted octanol–water partition coefficient (Wildman–Crippen LogP) is 4.85. The number of benzene rings is 3. The maximum absolute atomic E-state index is 11.1. The lowest BCUT2D eigenvalue weighted by Gasteiger charge is -2.10. The SMILES string of the molecule is CC(=O)NCCc1c[nH]c2ccc(OCCCOc3cccc4ccccc34)cc12. The number of hydrogen-bond acceptors (Lipinski definition) is 3. The van der Waals surface area contributed by atoms with E-state index in [4.69, 9.17) is 9.47 Å². The van der Waals surface area contributed by atoms with E-state index < -0.39 is 0 Å². The fourth-order valence-corrected chi connectivity index (χ4v) is 3.58. The van der Waals surface area contributed by atoms with Crippen LogP contribution in [-0.4, -0.2) is 30.6 Å². The zero-order valence-corrected chi connectivity index (χ0v) is 17.1. The van der Waals surface area contributed by atoms with Crippen LogP contribution in [0.5, 0.6) is 11.5 Å². The molecular weight excluding hydrogens is 376 g/mol. The number of H-pyrrole nitrogens is 1. The molecule has 5 heteroatoms. The van der Waals surface area contributed by atoms with Gasteiger partial charge in [0.15, 0.2) is 0 Å². The van der Waals surface area contributed by atoms with Crippen molar-refractivity contribution in [3.63, 3.8) is 0 Å². The van der Waals surface area contributed by atoms with E-state index >= 15 is 0 Å². The zero-order valence-electron chi connectivity index (χ0n) is 17.1. The van der Waals surface area contributed by atoms with E-state index in [0.29, 0.717) is 19.8 Å². The zero-order chi connectivity index (χ0) is 20.8. The normalized spacial score (nSPS) is 11.0. The van der Waals surface area contributed by atoms with Gasteiger partial charge in [-0.25, -0.2) is 0 Å². The predicted molar refractivity (Wildman–Crippen MR) is 120 cm³/mol. The molecule has 0 radical (unpaired) electrons. The second-order valence-electron chi connectivity index (χ2n) is 7.28. The van der Waals surface area contributed by atoms with Crippen LogP contribution in [0, 0.1) is 0 Å². The summed E-state index contributed by atoms with van der Waals surface area (Å²) in [5.41, 5.74) is 2.24. The van der Waals surface area contributed by atoms with E-state index in [1.807, 2.05) is 42.6 Å². The first-order valence-electron chi connectivity index (χ1n) is 10.3. The molecule has 4 aromatic rings. The largest absolute Gasteiger partial charge is 0.493 e. The Kier molecular flexibility index (Phi) is 6.18. The van der Waals surface area contributed by atoms with Gasteiger partial charge in [0.1, 0.15) is 11.5 Å². The highest BCUT2D eigenvalue weighted by atomic mass is 16.5. The third-order valence-electron chi connectivity index (χ3n) is 5.07. The maximum atomic E-state index is 11.1. The molecule has 0 bridgehead atoms. The summed E-state index contributed by atoms with van der Waals surface area (Å²) in [6.45, 7) is 3.34. The van der Waals surface area contributed by atoms with Crippen molar-refractivity contribution in [1.82, 2.24) is 10.3 Å². The average molecular weight is 402 g/mol. The van der Waals surface area contributed by atoms with Gasteiger partial charge in [-0.2, -0.15) is 0 Å². The molecule has 1 heterocycles. The van der Waals surface area contributed by atoms with Crippen LogP contribution in [0.25, 0.3) is 21.7 Å². The summed E-state index contributed by atoms with van der Waals surface area (Å²) in [6.07, 6.45) is 3.57. The summed E-state index contributed by atoms with van der Waals surface area (Å²) in [4.78, 5) is 14.3. The minimum atomic E-state index is -0.00965. The van der Waals surface area contributed by atoms with Crippen molar-refractivity contribution in [2.45, 2.75) is 19.8 Å². The molecule has 30 heavy (non-hydrogen) atoms. The first kappa shape index (κ1) is 19.8. The van der Waals surface area contributed by atoms with Crippen molar-refractivity contribution in [2.75, 3.05) is 19.8 Å². The van der Waals surface area contributed by atoms with E-state index in [1.165, 1.54) is 17.9 Å². The Morgan fingerprint density at radius 1 is 0.967 bits per heavy atom. The highest BCUT2D eigenvalue weighted by molar-refractivity contribution is 5.88. The quantitative estimate of drug-likeness (QED) is 0.394. The highest BCUT2D eigenvalue weighted by Gasteiger charge is 2.06. The standard InChI is InChI=1S/C25H26N2O3/c1-18(28)26-13-12-20-17-27-24-11-10-21(16-23(20)24)29-14-5-15-30-25-9-4-7-19-6-2-3-8-22(19)25/h2-4,6-11,16-17,27H,5,12-15H2,1H3,(H,26,28). The second kappa shape index (κ2) is 9.35. The van der Waals surface area contributed by atoms with Gasteiger partial charge in [0.25, 0.3) is 0 Å². The number of hydrogen-bond donors (Lipinski definition) is 2. The summed E-state index contributed by atoms with van der Waals surface area (Å²) in [5, 5.41) is 6.28. The molecule has 0 aliphatic rings. The van der Waals surface area contributed by atoms with Crippen LogP contribution < -0.4 is 14.8 Å². The fraction of sp³-hybridized carbons (Fsp3) is 0.240. The summed E-state index contributed by atoms with van der Waals surface area (Å²) in [7, 11) is 0. The monoisotopic (exact) mass is 402 g/mol. The van der Waals surface area contributed by atoms with Crippen LogP contribution in [0.15, 0.2) is 66.9 Å². The Labute approximate surface area is 176 Å². The van der Waals surface area contributed by atoms with Gasteiger partial charge in [-0.15, -0.1) is 0 Å². The smallest absolute Gasteiger partial charge is 0.216 e. The summed E-state index contributed by atoms with van der Waals surface area (Å²) >= 11 is 0. The van der Waals surface area contributed by atoms with E-state index in [9.17, 15) is 4.79 Å². The van der Waals surface area contributed by atoms with Crippen LogP contribution >= 0.6 is 0 Å². The first-order valence-corrected chi connectivity index (χ1v) is 10.3. The van der Waals surface area contributed by atoms with Gasteiger partial charge in [-0.3, -0.25) is 4.79 Å². The highest BCUT2D eigenvalue weighted by Crippen LogP contribution is 2.26. The topological polar surface area (TPSA) is 63.4 Å². The molecule has 154 valence electrons. The number of fused-ring (bicyclic) bond motifs is 2. The molecule has 1 amide bonds. The average Bonchev–Trinajstić information content (AvgIpc) is 3.16. The van der Waals surface area contributed by atoms with Crippen molar-refractivity contribution in [1.29, 1.82) is 0 Å². The van der Waals surface area contributed by atoms with Crippen molar-refractivity contribution in [3.8, 4) is 11.5 Å². The Morgan fingerprint density at radius 3 is 2.70 bits per heavy atom. The van der Waals surface area contributed by atoms with Crippen LogP contribution in [0.4, 0.5) is 0 Å². The third kappa shape index (κ3) is 4.74. The summed E-state index contributed by atoms with van der Waals surface area (Å²) in [5.74, 6) is 1.74. The van der Waals surface area contributed by atoms with E-state index in [2.05, 4.69) is 34.6 Å². The molecule has 0 fully saturated rings. The number of nitrogens with one attached hydrogen (secondary N) is 2. The molecule has 3 aromatic carbocycles. The molecule has 0 unspecified atom stereocenters. The number of ether oxygens (including phenoxy) is 2. The van der Waals surface area contributed by atoms with Gasteiger partial charge >= 0.3 is 0 Å². The Balaban J connectivity index is 1.30. The molecular formula is C25H26N2O3. The molecule has 2 N–H and O–H groups in total. The van der Waals surface area contributed by atoms with Crippen molar-refractivity contribution in [3.05, 3.63) is 72.4 Å². The van der Waals surface area contributed by atoms with Crippen LogP contribution in [0.2, 0.25) is 0 Å². The molecule has 5 nitrogen and oxygen atoms in total. The van der Waals surface area contributed by atoms with Crippen LogP contribution in [-0.2, 0) is 11.2 Å². The number of carbonyl (C=O) groups is 1. The van der Waals surface area contributed by atoms with E-state index in [0.717, 1.165) is 40.6 Å². The fourth-order valence-electron chi connectivity index (χ4n) is 3.58. The Morgan fingerprint density at radius 2 is 1.80 bits per heavy atom. The van der Waals surface area contributed by atoms with Gasteiger partial charge in [0.05, 0.1) is 13.2 Å². The molecule has 0 saturated heterocycles. The minimum absolute atomic E-state index is 0.00965. The van der Waals surface area contributed by atoms with E-state index in [1.54, 1.807) is 0 Å². The summed E-state index contributed by atoms with van der Waals surface area (Å²) in [6, 6.07) is 20.4. The lowest BCUT2D eigenvalue weighted by atomic mass is 10.1. The number of carbonyl (C=O) groups excluding carboxylic acids is 1. The maximum Gasteiger partial charge on any atom is 0.216 e. The molecule has 4 rings (SSSR count). The number of amides is 1. The van der Waals surface area contributed by atoms with Gasteiger partial charge < -0.3 is 19.8 Å². The lowest BCUT2D eigenvalue weighted by Crippen LogP contribution is -2.22. The van der Waals surface area contributed by atoms with E-state index in [-0.39, 0.29) is 5.91 Å². The Hall–Kier alpha value is -3.47. The second-order valence-corrected chi connectivity index (χ2v) is 7.28. The molecule has 0 aliphatic carbocycles. The molecule has 0 aliphatic heterocycles. The Bertz CT molecular complexity index is 1140. The van der Waals surface area contributed by atoms with Gasteiger partial charge in [0, 0.05) is 42.4 Å². The van der Waals surface area contributed by atoms with Crippen LogP contribution in [0.3, 0.4) is 0 Å². The van der Waals surface area contributed by atoms with Gasteiger partial charge in [0.2, 0.25) is 5.91 Å². The van der Waals surface area contributed by atoms with Crippen molar-refractivity contribution >= 4 is 27.6 Å². The number of rotatable bonds is 9. The number of aromatic amines is 1. The van der Waals surface area contributed by atoms with Gasteiger partial charge in [-0.1, -0.05) is 36.4 Å². The molecule has 0 spiro atoms. The van der Waals surface area contributed by atoms with Gasteiger partial charge in [-0.05, 0) is 41.6 Å². The summed E-state index contributed by atoms with van der Waals surface area (Å²) < 4.78 is 11.9. The molecule has 0 atom stereocenters. The molecule has 1 aromatic heterocycles. The molecule has 0 saturated carbocycles. The van der Waals surface area contributed by atoms with Crippen molar-refractivity contribution in [2.24, 2.45) is 0 Å².